The van der Waals surface area contributed by atoms with Crippen LogP contribution in [-0.4, -0.2) is 35.2 Å². The fourth-order valence-electron chi connectivity index (χ4n) is 2.52. The van der Waals surface area contributed by atoms with Crippen molar-refractivity contribution >= 4 is 0 Å². The fraction of sp³-hybridized carbons (Fsp3) is 0.571. The minimum atomic E-state index is -0.578. The Hall–Kier alpha value is -0.860. The molecule has 1 N–H and O–H groups in total. The molecule has 0 bridgehead atoms. The molecule has 0 saturated carbocycles. The summed E-state index contributed by atoms with van der Waals surface area (Å²) in [5.74, 6) is 0.642. The third-order valence-electron chi connectivity index (χ3n) is 3.15. The second-order valence-electron chi connectivity index (χ2n) is 5.44. The van der Waals surface area contributed by atoms with Gasteiger partial charge in [0.2, 0.25) is 0 Å². The summed E-state index contributed by atoms with van der Waals surface area (Å²) in [6, 6.07) is 10.7. The molecule has 1 heterocycles. The minimum Gasteiger partial charge on any atom is -0.389 e. The maximum atomic E-state index is 9.79. The topological polar surface area (TPSA) is 23.5 Å². The van der Waals surface area contributed by atoms with Gasteiger partial charge in [-0.1, -0.05) is 30.3 Å². The average Bonchev–Trinajstić information content (AvgIpc) is 2.65. The van der Waals surface area contributed by atoms with E-state index in [4.69, 9.17) is 0 Å². The minimum absolute atomic E-state index is 0.578. The van der Waals surface area contributed by atoms with Crippen LogP contribution in [-0.2, 0) is 0 Å². The summed E-state index contributed by atoms with van der Waals surface area (Å²) in [7, 11) is 0. The molecule has 1 aliphatic heterocycles. The highest BCUT2D eigenvalue weighted by Crippen LogP contribution is 2.27. The maximum absolute atomic E-state index is 9.79. The van der Waals surface area contributed by atoms with Gasteiger partial charge in [-0.05, 0) is 38.3 Å². The second-order valence-corrected chi connectivity index (χ2v) is 5.44. The first kappa shape index (κ1) is 11.6. The van der Waals surface area contributed by atoms with Crippen molar-refractivity contribution in [1.29, 1.82) is 0 Å². The molecule has 2 nitrogen and oxygen atoms in total. The molecule has 2 heteroatoms. The highest BCUT2D eigenvalue weighted by Gasteiger charge is 2.27. The Bertz CT molecular complexity index is 328. The maximum Gasteiger partial charge on any atom is 0.0718 e. The summed E-state index contributed by atoms with van der Waals surface area (Å²) < 4.78 is 0. The van der Waals surface area contributed by atoms with Crippen LogP contribution in [0.25, 0.3) is 0 Å². The highest BCUT2D eigenvalue weighted by atomic mass is 16.3. The second kappa shape index (κ2) is 4.56. The van der Waals surface area contributed by atoms with Crippen molar-refractivity contribution in [3.63, 3.8) is 0 Å². The van der Waals surface area contributed by atoms with E-state index >= 15 is 0 Å². The predicted octanol–water partition coefficient (Wildman–Crippen LogP) is 2.25. The van der Waals surface area contributed by atoms with Gasteiger partial charge in [-0.3, -0.25) is 4.90 Å². The Morgan fingerprint density at radius 1 is 1.31 bits per heavy atom. The van der Waals surface area contributed by atoms with Crippen molar-refractivity contribution in [2.75, 3.05) is 19.6 Å². The molecule has 1 fully saturated rings. The zero-order valence-electron chi connectivity index (χ0n) is 10.2. The van der Waals surface area contributed by atoms with Gasteiger partial charge < -0.3 is 5.11 Å². The molecule has 16 heavy (non-hydrogen) atoms. The lowest BCUT2D eigenvalue weighted by molar-refractivity contribution is 0.0435. The summed E-state index contributed by atoms with van der Waals surface area (Å²) in [5.41, 5.74) is 0.853. The normalized spacial score (nSPS) is 22.6. The Kier molecular flexibility index (Phi) is 3.31. The summed E-state index contributed by atoms with van der Waals surface area (Å²) in [5, 5.41) is 9.79. The van der Waals surface area contributed by atoms with Crippen LogP contribution in [0.5, 0.6) is 0 Å². The van der Waals surface area contributed by atoms with Crippen LogP contribution < -0.4 is 0 Å². The van der Waals surface area contributed by atoms with Crippen LogP contribution in [0.2, 0.25) is 0 Å². The lowest BCUT2D eigenvalue weighted by atomic mass is 9.99. The largest absolute Gasteiger partial charge is 0.389 e. The average molecular weight is 219 g/mol. The molecule has 1 saturated heterocycles. The first-order valence-electron chi connectivity index (χ1n) is 6.04. The number of rotatable bonds is 3. The standard InChI is InChI=1S/C14H21NO/c1-14(2,16)11-15-9-8-13(10-15)12-6-4-3-5-7-12/h3-7,13,16H,8-11H2,1-2H3. The lowest BCUT2D eigenvalue weighted by Gasteiger charge is -2.25. The Morgan fingerprint density at radius 3 is 2.62 bits per heavy atom. The Labute approximate surface area is 97.9 Å². The molecule has 0 aromatic heterocycles. The van der Waals surface area contributed by atoms with E-state index < -0.39 is 5.60 Å². The van der Waals surface area contributed by atoms with Crippen molar-refractivity contribution in [2.45, 2.75) is 31.8 Å². The third kappa shape index (κ3) is 3.06. The van der Waals surface area contributed by atoms with Gasteiger partial charge in [0.05, 0.1) is 5.60 Å². The monoisotopic (exact) mass is 219 g/mol. The molecule has 1 atom stereocenters. The van der Waals surface area contributed by atoms with E-state index in [1.165, 1.54) is 12.0 Å². The van der Waals surface area contributed by atoms with E-state index in [1.54, 1.807) is 0 Å². The third-order valence-corrected chi connectivity index (χ3v) is 3.15. The van der Waals surface area contributed by atoms with E-state index in [2.05, 4.69) is 35.2 Å². The van der Waals surface area contributed by atoms with Gasteiger partial charge in [-0.15, -0.1) is 0 Å². The van der Waals surface area contributed by atoms with Crippen LogP contribution in [0.1, 0.15) is 31.7 Å². The van der Waals surface area contributed by atoms with Gasteiger partial charge in [0.25, 0.3) is 0 Å². The molecule has 0 radical (unpaired) electrons. The zero-order valence-corrected chi connectivity index (χ0v) is 10.2. The van der Waals surface area contributed by atoms with Gasteiger partial charge in [0, 0.05) is 13.1 Å². The Balaban J connectivity index is 1.94. The SMILES string of the molecule is CC(C)(O)CN1CCC(c2ccccc2)C1. The van der Waals surface area contributed by atoms with Crippen LogP contribution in [0.3, 0.4) is 0 Å². The summed E-state index contributed by atoms with van der Waals surface area (Å²) >= 11 is 0. The molecule has 1 aliphatic rings. The van der Waals surface area contributed by atoms with Crippen LogP contribution in [0.15, 0.2) is 30.3 Å². The smallest absolute Gasteiger partial charge is 0.0718 e. The summed E-state index contributed by atoms with van der Waals surface area (Å²) in [4.78, 5) is 2.36. The van der Waals surface area contributed by atoms with Gasteiger partial charge in [0.1, 0.15) is 0 Å². The van der Waals surface area contributed by atoms with Crippen molar-refractivity contribution in [1.82, 2.24) is 4.90 Å². The number of aliphatic hydroxyl groups is 1. The van der Waals surface area contributed by atoms with Gasteiger partial charge in [-0.2, -0.15) is 0 Å². The van der Waals surface area contributed by atoms with Gasteiger partial charge in [0.15, 0.2) is 0 Å². The molecule has 2 rings (SSSR count). The first-order chi connectivity index (χ1) is 7.54. The lowest BCUT2D eigenvalue weighted by Crippen LogP contribution is -2.37. The number of hydrogen-bond acceptors (Lipinski definition) is 2. The quantitative estimate of drug-likeness (QED) is 0.843. The van der Waals surface area contributed by atoms with Crippen molar-refractivity contribution in [2.24, 2.45) is 0 Å². The van der Waals surface area contributed by atoms with E-state index in [9.17, 15) is 5.11 Å². The van der Waals surface area contributed by atoms with E-state index in [0.717, 1.165) is 19.6 Å². The molecule has 1 aromatic rings. The number of nitrogens with zero attached hydrogens (tertiary/aromatic N) is 1. The van der Waals surface area contributed by atoms with Crippen LogP contribution in [0, 0.1) is 0 Å². The molecular weight excluding hydrogens is 198 g/mol. The van der Waals surface area contributed by atoms with E-state index in [0.29, 0.717) is 5.92 Å². The number of hydrogen-bond donors (Lipinski definition) is 1. The van der Waals surface area contributed by atoms with Gasteiger partial charge in [-0.25, -0.2) is 0 Å². The van der Waals surface area contributed by atoms with Crippen molar-refractivity contribution in [3.05, 3.63) is 35.9 Å². The van der Waals surface area contributed by atoms with Crippen LogP contribution >= 0.6 is 0 Å². The van der Waals surface area contributed by atoms with Crippen molar-refractivity contribution in [3.8, 4) is 0 Å². The predicted molar refractivity (Wildman–Crippen MR) is 66.5 cm³/mol. The molecule has 1 aromatic carbocycles. The molecule has 0 amide bonds. The Morgan fingerprint density at radius 2 is 2.00 bits per heavy atom. The molecule has 0 aliphatic carbocycles. The van der Waals surface area contributed by atoms with Crippen LogP contribution in [0.4, 0.5) is 0 Å². The molecule has 0 spiro atoms. The fourth-order valence-corrected chi connectivity index (χ4v) is 2.52. The van der Waals surface area contributed by atoms with Crippen molar-refractivity contribution < 1.29 is 5.11 Å². The highest BCUT2D eigenvalue weighted by molar-refractivity contribution is 5.21. The molecule has 1 unspecified atom stereocenters. The van der Waals surface area contributed by atoms with E-state index in [1.807, 2.05) is 13.8 Å². The summed E-state index contributed by atoms with van der Waals surface area (Å²) in [6.07, 6.45) is 1.21. The number of benzene rings is 1. The zero-order chi connectivity index (χ0) is 11.6. The number of β-amino-alcohol motifs (C(OH)–C–C–N with tert-alkyl or cyclic N) is 1. The summed E-state index contributed by atoms with van der Waals surface area (Å²) in [6.45, 7) is 6.71. The first-order valence-corrected chi connectivity index (χ1v) is 6.04. The number of likely N-dealkylation sites (tertiary alicyclic amines) is 1. The van der Waals surface area contributed by atoms with E-state index in [-0.39, 0.29) is 0 Å². The molecule has 88 valence electrons. The molecular formula is C14H21NO. The van der Waals surface area contributed by atoms with Gasteiger partial charge >= 0.3 is 0 Å².